The summed E-state index contributed by atoms with van der Waals surface area (Å²) in [6, 6.07) is 11.8. The molecule has 0 aliphatic rings. The van der Waals surface area contributed by atoms with Crippen LogP contribution in [0.15, 0.2) is 58.4 Å². The van der Waals surface area contributed by atoms with E-state index in [9.17, 15) is 0 Å². The summed E-state index contributed by atoms with van der Waals surface area (Å²) >= 11 is 1.56. The minimum absolute atomic E-state index is 0.0224. The van der Waals surface area contributed by atoms with E-state index in [0.717, 1.165) is 23.1 Å². The highest BCUT2D eigenvalue weighted by atomic mass is 32.2. The van der Waals surface area contributed by atoms with Crippen molar-refractivity contribution < 1.29 is 4.42 Å². The third-order valence-electron chi connectivity index (χ3n) is 3.38. The molecule has 3 aromatic rings. The third-order valence-corrected chi connectivity index (χ3v) is 4.63. The van der Waals surface area contributed by atoms with E-state index in [1.165, 1.54) is 0 Å². The minimum Gasteiger partial charge on any atom is -0.431 e. The number of hydrogen-bond acceptors (Lipinski definition) is 5. The fourth-order valence-corrected chi connectivity index (χ4v) is 3.32. The highest BCUT2D eigenvalue weighted by molar-refractivity contribution is 7.99. The van der Waals surface area contributed by atoms with E-state index in [4.69, 9.17) is 10.2 Å². The van der Waals surface area contributed by atoms with Gasteiger partial charge < -0.3 is 10.2 Å². The molecule has 1 aromatic carbocycles. The Labute approximate surface area is 127 Å². The fraction of sp³-hybridized carbons (Fsp3) is 0.250. The van der Waals surface area contributed by atoms with Gasteiger partial charge in [-0.05, 0) is 30.2 Å². The number of fused-ring (bicyclic) bond motifs is 1. The molecule has 0 fully saturated rings. The van der Waals surface area contributed by atoms with Crippen LogP contribution in [0.3, 0.4) is 0 Å². The lowest BCUT2D eigenvalue weighted by Gasteiger charge is -2.20. The molecule has 0 radical (unpaired) electrons. The first-order chi connectivity index (χ1) is 10.3. The highest BCUT2D eigenvalue weighted by Crippen LogP contribution is 2.38. The number of thioether (sulfide) groups is 1. The van der Waals surface area contributed by atoms with Gasteiger partial charge in [0.15, 0.2) is 5.58 Å². The van der Waals surface area contributed by atoms with Gasteiger partial charge in [-0.1, -0.05) is 36.9 Å². The zero-order valence-electron chi connectivity index (χ0n) is 11.8. The third kappa shape index (κ3) is 3.09. The second-order valence-electron chi connectivity index (χ2n) is 4.84. The van der Waals surface area contributed by atoms with Gasteiger partial charge in [0.25, 0.3) is 5.22 Å². The molecule has 0 spiro atoms. The van der Waals surface area contributed by atoms with E-state index >= 15 is 0 Å². The summed E-state index contributed by atoms with van der Waals surface area (Å²) in [5, 5.41) is 0.728. The predicted molar refractivity (Wildman–Crippen MR) is 85.1 cm³/mol. The summed E-state index contributed by atoms with van der Waals surface area (Å²) in [5.41, 5.74) is 9.04. The largest absolute Gasteiger partial charge is 0.431 e. The first-order valence-electron chi connectivity index (χ1n) is 6.95. The van der Waals surface area contributed by atoms with Crippen LogP contribution in [-0.2, 0) is 0 Å². The molecular formula is C16H17N3OS. The zero-order valence-corrected chi connectivity index (χ0v) is 12.6. The maximum Gasteiger partial charge on any atom is 0.257 e. The Morgan fingerprint density at radius 1 is 1.24 bits per heavy atom. The molecule has 4 nitrogen and oxygen atoms in total. The van der Waals surface area contributed by atoms with Crippen molar-refractivity contribution in [1.29, 1.82) is 0 Å². The van der Waals surface area contributed by atoms with E-state index in [0.29, 0.717) is 5.22 Å². The molecule has 0 aliphatic heterocycles. The van der Waals surface area contributed by atoms with Crippen LogP contribution in [0.25, 0.3) is 11.1 Å². The Morgan fingerprint density at radius 2 is 2.10 bits per heavy atom. The van der Waals surface area contributed by atoms with Crippen LogP contribution >= 0.6 is 11.8 Å². The number of aromatic nitrogens is 2. The SMILES string of the molecule is CCC(N)C(Sc1nc2ccccc2o1)c1cccnc1. The van der Waals surface area contributed by atoms with Crippen LogP contribution in [0.2, 0.25) is 0 Å². The van der Waals surface area contributed by atoms with E-state index in [1.54, 1.807) is 18.0 Å². The molecule has 2 atom stereocenters. The molecule has 21 heavy (non-hydrogen) atoms. The lowest BCUT2D eigenvalue weighted by Crippen LogP contribution is -2.25. The topological polar surface area (TPSA) is 64.9 Å². The lowest BCUT2D eigenvalue weighted by molar-refractivity contribution is 0.485. The number of nitrogens with two attached hydrogens (primary N) is 1. The summed E-state index contributed by atoms with van der Waals surface area (Å²) in [7, 11) is 0. The van der Waals surface area contributed by atoms with Gasteiger partial charge >= 0.3 is 0 Å². The number of para-hydroxylation sites is 2. The monoisotopic (exact) mass is 299 g/mol. The van der Waals surface area contributed by atoms with Crippen molar-refractivity contribution in [3.05, 3.63) is 54.4 Å². The van der Waals surface area contributed by atoms with Crippen LogP contribution < -0.4 is 5.73 Å². The Bertz CT molecular complexity index is 681. The standard InChI is InChI=1S/C16H17N3OS/c1-2-12(17)15(11-6-5-9-18-10-11)21-16-19-13-7-3-4-8-14(13)20-16/h3-10,12,15H,2,17H2,1H3. The molecule has 0 amide bonds. The van der Waals surface area contributed by atoms with Gasteiger partial charge in [0.05, 0.1) is 5.25 Å². The second kappa shape index (κ2) is 6.28. The summed E-state index contributed by atoms with van der Waals surface area (Å²) in [5.74, 6) is 0. The van der Waals surface area contributed by atoms with Gasteiger partial charge in [-0.15, -0.1) is 0 Å². The Kier molecular flexibility index (Phi) is 4.22. The number of nitrogens with zero attached hydrogens (tertiary/aromatic N) is 2. The first kappa shape index (κ1) is 14.1. The van der Waals surface area contributed by atoms with Gasteiger partial charge in [0.1, 0.15) is 5.52 Å². The lowest BCUT2D eigenvalue weighted by atomic mass is 10.1. The van der Waals surface area contributed by atoms with Gasteiger partial charge in [-0.25, -0.2) is 4.98 Å². The van der Waals surface area contributed by atoms with Crippen LogP contribution in [0.5, 0.6) is 0 Å². The number of oxazole rings is 1. The van der Waals surface area contributed by atoms with Crippen molar-refractivity contribution >= 4 is 22.9 Å². The van der Waals surface area contributed by atoms with E-state index in [1.807, 2.05) is 42.6 Å². The average Bonchev–Trinajstić information content (AvgIpc) is 2.95. The Balaban J connectivity index is 1.90. The maximum absolute atomic E-state index is 6.27. The van der Waals surface area contributed by atoms with Crippen LogP contribution in [-0.4, -0.2) is 16.0 Å². The smallest absolute Gasteiger partial charge is 0.257 e. The quantitative estimate of drug-likeness (QED) is 0.726. The van der Waals surface area contributed by atoms with E-state index in [-0.39, 0.29) is 11.3 Å². The van der Waals surface area contributed by atoms with E-state index < -0.39 is 0 Å². The molecule has 0 saturated heterocycles. The van der Waals surface area contributed by atoms with Crippen molar-refractivity contribution in [1.82, 2.24) is 9.97 Å². The van der Waals surface area contributed by atoms with Crippen LogP contribution in [0.4, 0.5) is 0 Å². The molecule has 2 N–H and O–H groups in total. The molecule has 0 bridgehead atoms. The van der Waals surface area contributed by atoms with Crippen LogP contribution in [0, 0.1) is 0 Å². The maximum atomic E-state index is 6.27. The average molecular weight is 299 g/mol. The predicted octanol–water partition coefficient (Wildman–Crippen LogP) is 3.79. The summed E-state index contributed by atoms with van der Waals surface area (Å²) in [6.45, 7) is 2.08. The molecular weight excluding hydrogens is 282 g/mol. The summed E-state index contributed by atoms with van der Waals surface area (Å²) < 4.78 is 5.79. The Morgan fingerprint density at radius 3 is 2.81 bits per heavy atom. The Hall–Kier alpha value is -1.85. The fourth-order valence-electron chi connectivity index (χ4n) is 2.17. The molecule has 0 aliphatic carbocycles. The van der Waals surface area contributed by atoms with Crippen LogP contribution in [0.1, 0.15) is 24.2 Å². The molecule has 5 heteroatoms. The van der Waals surface area contributed by atoms with Gasteiger partial charge in [0.2, 0.25) is 0 Å². The molecule has 108 valence electrons. The number of pyridine rings is 1. The molecule has 2 aromatic heterocycles. The number of benzene rings is 1. The van der Waals surface area contributed by atoms with Gasteiger partial charge in [-0.2, -0.15) is 0 Å². The second-order valence-corrected chi connectivity index (χ2v) is 5.94. The van der Waals surface area contributed by atoms with Crippen molar-refractivity contribution in [2.75, 3.05) is 0 Å². The summed E-state index contributed by atoms with van der Waals surface area (Å²) in [6.07, 6.45) is 4.50. The molecule has 0 saturated carbocycles. The van der Waals surface area contributed by atoms with Crippen molar-refractivity contribution in [3.63, 3.8) is 0 Å². The molecule has 2 unspecified atom stereocenters. The number of hydrogen-bond donors (Lipinski definition) is 1. The van der Waals surface area contributed by atoms with Crippen molar-refractivity contribution in [2.45, 2.75) is 29.9 Å². The van der Waals surface area contributed by atoms with Crippen molar-refractivity contribution in [2.24, 2.45) is 5.73 Å². The summed E-state index contributed by atoms with van der Waals surface area (Å²) in [4.78, 5) is 8.70. The van der Waals surface area contributed by atoms with Gasteiger partial charge in [-0.3, -0.25) is 4.98 Å². The first-order valence-corrected chi connectivity index (χ1v) is 7.83. The van der Waals surface area contributed by atoms with Gasteiger partial charge in [0, 0.05) is 18.4 Å². The minimum atomic E-state index is 0.0224. The zero-order chi connectivity index (χ0) is 14.7. The van der Waals surface area contributed by atoms with E-state index in [2.05, 4.69) is 16.9 Å². The normalized spacial score (nSPS) is 14.2. The molecule has 3 rings (SSSR count). The number of rotatable bonds is 5. The highest BCUT2D eigenvalue weighted by Gasteiger charge is 2.22. The molecule has 2 heterocycles. The van der Waals surface area contributed by atoms with Crippen molar-refractivity contribution in [3.8, 4) is 0 Å².